The second-order valence-electron chi connectivity index (χ2n) is 4.40. The van der Waals surface area contributed by atoms with Crippen LogP contribution < -0.4 is 0 Å². The number of nitrogens with zero attached hydrogens (tertiary/aromatic N) is 1. The van der Waals surface area contributed by atoms with Gasteiger partial charge in [0.1, 0.15) is 5.41 Å². The molecule has 0 aliphatic rings. The van der Waals surface area contributed by atoms with Crippen molar-refractivity contribution in [3.63, 3.8) is 0 Å². The molecule has 5 nitrogen and oxygen atoms in total. The molecule has 0 fully saturated rings. The molecular weight excluding hydrogens is 302 g/mol. The molecule has 0 aliphatic heterocycles. The van der Waals surface area contributed by atoms with Crippen molar-refractivity contribution in [3.05, 3.63) is 93.5 Å². The van der Waals surface area contributed by atoms with Crippen LogP contribution in [-0.4, -0.2) is 13.3 Å². The number of hydrogen-bond donors (Lipinski definition) is 0. The highest BCUT2D eigenvalue weighted by Gasteiger charge is 2.17. The highest BCUT2D eigenvalue weighted by molar-refractivity contribution is 7.94. The van der Waals surface area contributed by atoms with Crippen LogP contribution in [0.25, 0.3) is 6.08 Å². The van der Waals surface area contributed by atoms with E-state index in [0.717, 1.165) is 5.56 Å². The molecule has 0 atom stereocenters. The summed E-state index contributed by atoms with van der Waals surface area (Å²) >= 11 is 0. The van der Waals surface area contributed by atoms with Gasteiger partial charge in [-0.15, -0.1) is 0 Å². The van der Waals surface area contributed by atoms with Gasteiger partial charge in [-0.3, -0.25) is 10.1 Å². The zero-order valence-electron chi connectivity index (χ0n) is 11.5. The molecule has 0 saturated carbocycles. The summed E-state index contributed by atoms with van der Waals surface area (Å²) in [5.74, 6) is 0. The summed E-state index contributed by atoms with van der Waals surface area (Å²) < 4.78 is 24.3. The van der Waals surface area contributed by atoms with Crippen molar-refractivity contribution in [3.8, 4) is 0 Å². The van der Waals surface area contributed by atoms with Gasteiger partial charge in [0.25, 0.3) is 5.70 Å². The molecule has 0 amide bonds. The number of allylic oxidation sites excluding steroid dienone is 1. The molecule has 2 aromatic carbocycles. The maximum atomic E-state index is 12.1. The van der Waals surface area contributed by atoms with Crippen molar-refractivity contribution in [2.45, 2.75) is 4.90 Å². The van der Waals surface area contributed by atoms with Gasteiger partial charge in [-0.05, 0) is 23.8 Å². The Bertz CT molecular complexity index is 810. The maximum Gasteiger partial charge on any atom is 0.281 e. The Morgan fingerprint density at radius 1 is 0.955 bits per heavy atom. The van der Waals surface area contributed by atoms with Gasteiger partial charge < -0.3 is 0 Å². The van der Waals surface area contributed by atoms with Crippen LogP contribution in [0.2, 0.25) is 0 Å². The van der Waals surface area contributed by atoms with Crippen LogP contribution in [0.15, 0.2) is 82.7 Å². The van der Waals surface area contributed by atoms with Gasteiger partial charge in [0.15, 0.2) is 0 Å². The van der Waals surface area contributed by atoms with Crippen LogP contribution in [0.1, 0.15) is 5.56 Å². The van der Waals surface area contributed by atoms with Crippen molar-refractivity contribution in [2.75, 3.05) is 0 Å². The van der Waals surface area contributed by atoms with E-state index in [2.05, 4.69) is 0 Å². The van der Waals surface area contributed by atoms with E-state index >= 15 is 0 Å². The highest BCUT2D eigenvalue weighted by atomic mass is 32.2. The molecule has 2 rings (SSSR count). The molecule has 0 unspecified atom stereocenters. The van der Waals surface area contributed by atoms with E-state index in [1.165, 1.54) is 24.3 Å². The van der Waals surface area contributed by atoms with Gasteiger partial charge in [0.2, 0.25) is 9.84 Å². The molecule has 22 heavy (non-hydrogen) atoms. The van der Waals surface area contributed by atoms with E-state index in [0.29, 0.717) is 5.41 Å². The molecule has 0 spiro atoms. The first-order valence-electron chi connectivity index (χ1n) is 6.38. The monoisotopic (exact) mass is 315 g/mol. The van der Waals surface area contributed by atoms with Crippen molar-refractivity contribution in [1.82, 2.24) is 0 Å². The standard InChI is InChI=1S/C16H13NO4S/c18-17(19)15(12-11-14-7-3-1-4-8-14)13-22(20,21)16-9-5-2-6-10-16/h1-13H/b12-11+,15-13-. The summed E-state index contributed by atoms with van der Waals surface area (Å²) in [6.45, 7) is 0. The normalized spacial score (nSPS) is 12.5. The lowest BCUT2D eigenvalue weighted by molar-refractivity contribution is -0.418. The molecule has 0 saturated heterocycles. The lowest BCUT2D eigenvalue weighted by atomic mass is 10.2. The van der Waals surface area contributed by atoms with E-state index in [1.807, 2.05) is 6.07 Å². The predicted molar refractivity (Wildman–Crippen MR) is 84.2 cm³/mol. The number of rotatable bonds is 5. The first-order chi connectivity index (χ1) is 10.5. The van der Waals surface area contributed by atoms with Crippen LogP contribution >= 0.6 is 0 Å². The molecule has 0 heterocycles. The minimum Gasteiger partial charge on any atom is -0.258 e. The topological polar surface area (TPSA) is 77.3 Å². The molecular formula is C16H13NO4S. The van der Waals surface area contributed by atoms with Crippen LogP contribution in [0.5, 0.6) is 0 Å². The summed E-state index contributed by atoms with van der Waals surface area (Å²) in [7, 11) is -3.86. The molecule has 0 aliphatic carbocycles. The van der Waals surface area contributed by atoms with Crippen molar-refractivity contribution >= 4 is 15.9 Å². The predicted octanol–water partition coefficient (Wildman–Crippen LogP) is 3.29. The van der Waals surface area contributed by atoms with Gasteiger partial charge in [-0.1, -0.05) is 48.5 Å². The minimum absolute atomic E-state index is 0.0162. The average Bonchev–Trinajstić information content (AvgIpc) is 2.53. The fraction of sp³-hybridized carbons (Fsp3) is 0. The summed E-state index contributed by atoms with van der Waals surface area (Å²) in [4.78, 5) is 10.3. The molecule has 112 valence electrons. The Morgan fingerprint density at radius 3 is 2.05 bits per heavy atom. The van der Waals surface area contributed by atoms with Gasteiger partial charge in [0.05, 0.1) is 9.82 Å². The molecule has 6 heteroatoms. The third-order valence-electron chi connectivity index (χ3n) is 2.80. The first kappa shape index (κ1) is 15.7. The lowest BCUT2D eigenvalue weighted by Crippen LogP contribution is -2.02. The van der Waals surface area contributed by atoms with Crippen LogP contribution in [0.4, 0.5) is 0 Å². The molecule has 0 bridgehead atoms. The minimum atomic E-state index is -3.86. The maximum absolute atomic E-state index is 12.1. The fourth-order valence-corrected chi connectivity index (χ4v) is 2.88. The molecule has 2 aromatic rings. The van der Waals surface area contributed by atoms with Gasteiger partial charge in [-0.25, -0.2) is 8.42 Å². The van der Waals surface area contributed by atoms with Crippen LogP contribution in [0.3, 0.4) is 0 Å². The molecule has 0 N–H and O–H groups in total. The summed E-state index contributed by atoms with van der Waals surface area (Å²) in [6.07, 6.45) is 2.67. The van der Waals surface area contributed by atoms with Crippen molar-refractivity contribution in [1.29, 1.82) is 0 Å². The number of sulfone groups is 1. The third-order valence-corrected chi connectivity index (χ3v) is 4.29. The zero-order valence-corrected chi connectivity index (χ0v) is 12.3. The Labute approximate surface area is 128 Å². The van der Waals surface area contributed by atoms with E-state index < -0.39 is 20.5 Å². The van der Waals surface area contributed by atoms with Crippen molar-refractivity contribution in [2.24, 2.45) is 0 Å². The quantitative estimate of drug-likeness (QED) is 0.482. The van der Waals surface area contributed by atoms with Crippen LogP contribution in [0, 0.1) is 10.1 Å². The molecule has 0 radical (unpaired) electrons. The molecule has 0 aromatic heterocycles. The summed E-state index contributed by atoms with van der Waals surface area (Å²) in [5.41, 5.74) is 0.250. The number of benzene rings is 2. The Morgan fingerprint density at radius 2 is 1.50 bits per heavy atom. The average molecular weight is 315 g/mol. The first-order valence-corrected chi connectivity index (χ1v) is 7.93. The number of hydrogen-bond acceptors (Lipinski definition) is 4. The third kappa shape index (κ3) is 4.13. The van der Waals surface area contributed by atoms with Gasteiger partial charge in [0, 0.05) is 6.08 Å². The van der Waals surface area contributed by atoms with Gasteiger partial charge in [-0.2, -0.15) is 0 Å². The van der Waals surface area contributed by atoms with E-state index in [1.54, 1.807) is 42.5 Å². The Balaban J connectivity index is 2.36. The van der Waals surface area contributed by atoms with Gasteiger partial charge >= 0.3 is 0 Å². The second kappa shape index (κ2) is 6.82. The van der Waals surface area contributed by atoms with E-state index in [4.69, 9.17) is 0 Å². The smallest absolute Gasteiger partial charge is 0.258 e. The Hall–Kier alpha value is -2.73. The lowest BCUT2D eigenvalue weighted by Gasteiger charge is -1.98. The SMILES string of the molecule is O=[N+]([O-])C(=C\S(=O)(=O)c1ccccc1)/C=C/c1ccccc1. The highest BCUT2D eigenvalue weighted by Crippen LogP contribution is 2.15. The summed E-state index contributed by atoms with van der Waals surface area (Å²) in [5, 5.41) is 11.7. The largest absolute Gasteiger partial charge is 0.281 e. The number of nitro groups is 1. The van der Waals surface area contributed by atoms with E-state index in [9.17, 15) is 18.5 Å². The zero-order chi connectivity index (χ0) is 16.0. The van der Waals surface area contributed by atoms with E-state index in [-0.39, 0.29) is 4.90 Å². The second-order valence-corrected chi connectivity index (χ2v) is 6.20. The fourth-order valence-electron chi connectivity index (χ4n) is 1.73. The van der Waals surface area contributed by atoms with Crippen molar-refractivity contribution < 1.29 is 13.3 Å². The summed E-state index contributed by atoms with van der Waals surface area (Å²) in [6, 6.07) is 16.5. The van der Waals surface area contributed by atoms with Crippen LogP contribution in [-0.2, 0) is 9.84 Å². The Kier molecular flexibility index (Phi) is 4.85.